The number of carbonyl (C=O) groups is 3. The van der Waals surface area contributed by atoms with Crippen LogP contribution in [0.5, 0.6) is 0 Å². The molecular formula is C19H17ClN2O4S. The van der Waals surface area contributed by atoms with Gasteiger partial charge in [-0.15, -0.1) is 0 Å². The Morgan fingerprint density at radius 3 is 2.70 bits per heavy atom. The quantitative estimate of drug-likeness (QED) is 0.568. The maximum Gasteiger partial charge on any atom is 0.328 e. The Morgan fingerprint density at radius 1 is 1.30 bits per heavy atom. The van der Waals surface area contributed by atoms with E-state index in [2.05, 4.69) is 4.74 Å². The average molecular weight is 405 g/mol. The molecule has 1 saturated heterocycles. The molecule has 0 saturated carbocycles. The van der Waals surface area contributed by atoms with Crippen LogP contribution in [0.25, 0.3) is 11.8 Å². The Morgan fingerprint density at radius 2 is 2.04 bits per heavy atom. The lowest BCUT2D eigenvalue weighted by Gasteiger charge is -2.18. The zero-order valence-corrected chi connectivity index (χ0v) is 16.5. The van der Waals surface area contributed by atoms with E-state index in [0.29, 0.717) is 10.7 Å². The third-order valence-corrected chi connectivity index (χ3v) is 5.54. The van der Waals surface area contributed by atoms with Gasteiger partial charge in [0.1, 0.15) is 6.04 Å². The van der Waals surface area contributed by atoms with Crippen LogP contribution in [0.15, 0.2) is 41.4 Å². The van der Waals surface area contributed by atoms with Crippen LogP contribution < -0.4 is 0 Å². The number of thioether (sulfide) groups is 1. The molecule has 1 aliphatic heterocycles. The first-order chi connectivity index (χ1) is 12.8. The predicted octanol–water partition coefficient (Wildman–Crippen LogP) is 4.04. The summed E-state index contributed by atoms with van der Waals surface area (Å²) in [7, 11) is 1.22. The first-order valence-corrected chi connectivity index (χ1v) is 9.31. The van der Waals surface area contributed by atoms with E-state index in [-0.39, 0.29) is 4.91 Å². The first-order valence-electron chi connectivity index (χ1n) is 8.12. The maximum atomic E-state index is 12.6. The van der Waals surface area contributed by atoms with Crippen LogP contribution >= 0.6 is 23.4 Å². The first kappa shape index (κ1) is 19.3. The van der Waals surface area contributed by atoms with Crippen molar-refractivity contribution >= 4 is 46.6 Å². The van der Waals surface area contributed by atoms with Crippen LogP contribution in [0.3, 0.4) is 0 Å². The number of ether oxygens (including phenoxy) is 1. The highest BCUT2D eigenvalue weighted by Crippen LogP contribution is 2.34. The molecule has 1 fully saturated rings. The number of aromatic nitrogens is 1. The normalized spacial score (nSPS) is 16.9. The molecule has 2 amide bonds. The van der Waals surface area contributed by atoms with Crippen molar-refractivity contribution in [2.75, 3.05) is 7.11 Å². The summed E-state index contributed by atoms with van der Waals surface area (Å²) in [4.78, 5) is 37.7. The number of carbonyl (C=O) groups excluding carboxylic acids is 3. The molecule has 8 heteroatoms. The molecule has 1 aliphatic rings. The minimum Gasteiger partial charge on any atom is -0.467 e. The maximum absolute atomic E-state index is 12.6. The van der Waals surface area contributed by atoms with Gasteiger partial charge in [0.15, 0.2) is 0 Å². The van der Waals surface area contributed by atoms with Gasteiger partial charge < -0.3 is 9.30 Å². The highest BCUT2D eigenvalue weighted by Gasteiger charge is 2.41. The van der Waals surface area contributed by atoms with Crippen molar-refractivity contribution in [1.29, 1.82) is 0 Å². The van der Waals surface area contributed by atoms with Crippen LogP contribution in [0.1, 0.15) is 18.2 Å². The molecule has 2 aromatic rings. The molecule has 0 N–H and O–H groups in total. The molecule has 27 heavy (non-hydrogen) atoms. The molecule has 1 atom stereocenters. The van der Waals surface area contributed by atoms with Crippen molar-refractivity contribution in [3.8, 4) is 5.69 Å². The van der Waals surface area contributed by atoms with Gasteiger partial charge in [-0.3, -0.25) is 14.5 Å². The highest BCUT2D eigenvalue weighted by atomic mass is 35.5. The molecule has 1 aromatic heterocycles. The summed E-state index contributed by atoms with van der Waals surface area (Å²) in [6, 6.07) is 8.35. The van der Waals surface area contributed by atoms with Gasteiger partial charge in [0.2, 0.25) is 0 Å². The van der Waals surface area contributed by atoms with E-state index in [9.17, 15) is 14.4 Å². The molecule has 2 heterocycles. The van der Waals surface area contributed by atoms with Gasteiger partial charge in [-0.05, 0) is 61.5 Å². The van der Waals surface area contributed by atoms with E-state index in [4.69, 9.17) is 11.6 Å². The standard InChI is InChI=1S/C19H17ClN2O4S/c1-11-6-7-14(9-15(11)20)21-8-4-5-13(21)10-16-17(23)22(19(25)27-16)12(2)18(24)26-3/h4-10,12H,1-3H3/b16-10+/t12-/m1/s1. The molecule has 1 aromatic carbocycles. The number of amides is 2. The summed E-state index contributed by atoms with van der Waals surface area (Å²) >= 11 is 7.01. The second-order valence-corrected chi connectivity index (χ2v) is 7.39. The van der Waals surface area contributed by atoms with Crippen molar-refractivity contribution in [2.24, 2.45) is 0 Å². The van der Waals surface area contributed by atoms with Crippen molar-refractivity contribution in [3.63, 3.8) is 0 Å². The topological polar surface area (TPSA) is 68.6 Å². The fourth-order valence-corrected chi connectivity index (χ4v) is 3.77. The highest BCUT2D eigenvalue weighted by molar-refractivity contribution is 8.18. The Balaban J connectivity index is 1.94. The lowest BCUT2D eigenvalue weighted by Crippen LogP contribution is -2.42. The van der Waals surface area contributed by atoms with Crippen molar-refractivity contribution in [1.82, 2.24) is 9.47 Å². The summed E-state index contributed by atoms with van der Waals surface area (Å²) in [6.45, 7) is 3.38. The van der Waals surface area contributed by atoms with Crippen LogP contribution in [-0.2, 0) is 14.3 Å². The number of hydrogen-bond acceptors (Lipinski definition) is 5. The van der Waals surface area contributed by atoms with Crippen LogP contribution in [-0.4, -0.2) is 39.7 Å². The second-order valence-electron chi connectivity index (χ2n) is 5.99. The number of benzene rings is 1. The minimum absolute atomic E-state index is 0.244. The lowest BCUT2D eigenvalue weighted by atomic mass is 10.2. The third-order valence-electron chi connectivity index (χ3n) is 4.25. The Kier molecular flexibility index (Phi) is 5.43. The summed E-state index contributed by atoms with van der Waals surface area (Å²) in [5.74, 6) is -1.16. The third kappa shape index (κ3) is 3.65. The van der Waals surface area contributed by atoms with Gasteiger partial charge >= 0.3 is 5.97 Å². The number of methoxy groups -OCH3 is 1. The number of halogens is 1. The monoisotopic (exact) mass is 404 g/mol. The molecule has 0 unspecified atom stereocenters. The van der Waals surface area contributed by atoms with Gasteiger partial charge in [-0.2, -0.15) is 0 Å². The smallest absolute Gasteiger partial charge is 0.328 e. The number of imide groups is 1. The summed E-state index contributed by atoms with van der Waals surface area (Å²) < 4.78 is 6.49. The lowest BCUT2D eigenvalue weighted by molar-refractivity contribution is -0.148. The van der Waals surface area contributed by atoms with Gasteiger partial charge in [0, 0.05) is 22.6 Å². The van der Waals surface area contributed by atoms with E-state index in [1.54, 1.807) is 6.08 Å². The zero-order chi connectivity index (χ0) is 19.7. The Bertz CT molecular complexity index is 966. The number of esters is 1. The van der Waals surface area contributed by atoms with Crippen molar-refractivity contribution in [3.05, 3.63) is 57.7 Å². The summed E-state index contributed by atoms with van der Waals surface area (Å²) in [6.07, 6.45) is 3.47. The van der Waals surface area contributed by atoms with Gasteiger partial charge in [-0.1, -0.05) is 17.7 Å². The molecule has 0 aliphatic carbocycles. The summed E-state index contributed by atoms with van der Waals surface area (Å²) in [5, 5.41) is 0.139. The van der Waals surface area contributed by atoms with E-state index in [1.807, 2.05) is 48.0 Å². The predicted molar refractivity (Wildman–Crippen MR) is 105 cm³/mol. The van der Waals surface area contributed by atoms with Crippen molar-refractivity contribution in [2.45, 2.75) is 19.9 Å². The van der Waals surface area contributed by atoms with E-state index < -0.39 is 23.2 Å². The molecule has 0 bridgehead atoms. The fraction of sp³-hybridized carbons (Fsp3) is 0.211. The molecule has 140 valence electrons. The van der Waals surface area contributed by atoms with E-state index in [1.165, 1.54) is 14.0 Å². The average Bonchev–Trinajstić information content (AvgIpc) is 3.21. The van der Waals surface area contributed by atoms with Crippen LogP contribution in [0.4, 0.5) is 4.79 Å². The number of rotatable bonds is 4. The van der Waals surface area contributed by atoms with E-state index in [0.717, 1.165) is 27.9 Å². The molecule has 0 radical (unpaired) electrons. The Hall–Kier alpha value is -2.51. The largest absolute Gasteiger partial charge is 0.467 e. The molecule has 0 spiro atoms. The SMILES string of the molecule is COC(=O)[C@@H](C)N1C(=O)S/C(=C/c2cccn2-c2ccc(C)c(Cl)c2)C1=O. The molecule has 3 rings (SSSR count). The van der Waals surface area contributed by atoms with E-state index >= 15 is 0 Å². The Labute approximate surface area is 165 Å². The van der Waals surface area contributed by atoms with Crippen LogP contribution in [0, 0.1) is 6.92 Å². The number of aryl methyl sites for hydroxylation is 1. The van der Waals surface area contributed by atoms with Gasteiger partial charge in [0.25, 0.3) is 11.1 Å². The second kappa shape index (κ2) is 7.62. The van der Waals surface area contributed by atoms with Gasteiger partial charge in [-0.25, -0.2) is 4.79 Å². The summed E-state index contributed by atoms with van der Waals surface area (Å²) in [5.41, 5.74) is 2.52. The fourth-order valence-electron chi connectivity index (χ4n) is 2.70. The van der Waals surface area contributed by atoms with Crippen molar-refractivity contribution < 1.29 is 19.1 Å². The van der Waals surface area contributed by atoms with Crippen LogP contribution in [0.2, 0.25) is 5.02 Å². The number of hydrogen-bond donors (Lipinski definition) is 0. The number of nitrogens with zero attached hydrogens (tertiary/aromatic N) is 2. The molecular weight excluding hydrogens is 388 g/mol. The minimum atomic E-state index is -0.976. The van der Waals surface area contributed by atoms with Gasteiger partial charge in [0.05, 0.1) is 12.0 Å². The zero-order valence-electron chi connectivity index (χ0n) is 14.9. The molecule has 6 nitrogen and oxygen atoms in total.